The van der Waals surface area contributed by atoms with Crippen LogP contribution >= 0.6 is 11.8 Å². The topological polar surface area (TPSA) is 96.4 Å². The quantitative estimate of drug-likeness (QED) is 0.276. The average molecular weight is 396 g/mol. The number of rotatable bonds is 7. The molecule has 1 aromatic heterocycles. The Kier molecular flexibility index (Phi) is 6.44. The smallest absolute Gasteiger partial charge is 0.338 e. The van der Waals surface area contributed by atoms with Gasteiger partial charge in [0.1, 0.15) is 0 Å². The van der Waals surface area contributed by atoms with Crippen LogP contribution in [-0.2, 0) is 9.53 Å². The van der Waals surface area contributed by atoms with E-state index in [-0.39, 0.29) is 23.7 Å². The van der Waals surface area contributed by atoms with Crippen molar-refractivity contribution in [1.29, 1.82) is 0 Å². The first kappa shape index (κ1) is 19.6. The minimum absolute atomic E-state index is 0.165. The molecule has 7 nitrogen and oxygen atoms in total. The summed E-state index contributed by atoms with van der Waals surface area (Å²) in [7, 11) is 0. The van der Waals surface area contributed by atoms with Crippen molar-refractivity contribution in [2.75, 3.05) is 5.75 Å². The third-order valence-corrected chi connectivity index (χ3v) is 4.47. The van der Waals surface area contributed by atoms with E-state index in [4.69, 9.17) is 4.74 Å². The predicted molar refractivity (Wildman–Crippen MR) is 110 cm³/mol. The number of carbonyl (C=O) groups excluding carboxylic acids is 2. The van der Waals surface area contributed by atoms with Crippen LogP contribution in [0.2, 0.25) is 0 Å². The number of amides is 1. The molecule has 1 amide bonds. The second kappa shape index (κ2) is 9.18. The van der Waals surface area contributed by atoms with E-state index in [0.29, 0.717) is 10.7 Å². The summed E-state index contributed by atoms with van der Waals surface area (Å²) in [5.41, 5.74) is 5.50. The molecule has 3 rings (SSSR count). The van der Waals surface area contributed by atoms with E-state index in [1.54, 1.807) is 38.1 Å². The Bertz CT molecular complexity index is 963. The first-order chi connectivity index (χ1) is 13.5. The van der Waals surface area contributed by atoms with E-state index in [0.717, 1.165) is 16.6 Å². The molecule has 0 saturated heterocycles. The number of hydrogen-bond acceptors (Lipinski definition) is 6. The number of hydrazone groups is 1. The van der Waals surface area contributed by atoms with Crippen molar-refractivity contribution in [3.8, 4) is 0 Å². The highest BCUT2D eigenvalue weighted by atomic mass is 32.2. The molecule has 0 fully saturated rings. The number of ether oxygens (including phenoxy) is 1. The summed E-state index contributed by atoms with van der Waals surface area (Å²) in [6.07, 6.45) is 1.35. The number of esters is 1. The molecule has 2 N–H and O–H groups in total. The van der Waals surface area contributed by atoms with E-state index in [1.165, 1.54) is 18.0 Å². The van der Waals surface area contributed by atoms with Gasteiger partial charge in [-0.2, -0.15) is 5.10 Å². The van der Waals surface area contributed by atoms with Gasteiger partial charge in [-0.25, -0.2) is 15.2 Å². The molecular formula is C20H20N4O3S. The van der Waals surface area contributed by atoms with Crippen molar-refractivity contribution < 1.29 is 14.3 Å². The van der Waals surface area contributed by atoms with Gasteiger partial charge in [0.15, 0.2) is 5.16 Å². The summed E-state index contributed by atoms with van der Waals surface area (Å²) in [6, 6.07) is 14.5. The maximum absolute atomic E-state index is 11.9. The zero-order valence-electron chi connectivity index (χ0n) is 15.5. The monoisotopic (exact) mass is 396 g/mol. The van der Waals surface area contributed by atoms with Gasteiger partial charge in [0, 0.05) is 0 Å². The van der Waals surface area contributed by atoms with Crippen LogP contribution in [0.1, 0.15) is 29.8 Å². The van der Waals surface area contributed by atoms with E-state index >= 15 is 0 Å². The predicted octanol–water partition coefficient (Wildman–Crippen LogP) is 3.37. The summed E-state index contributed by atoms with van der Waals surface area (Å²) in [5.74, 6) is -0.412. The maximum Gasteiger partial charge on any atom is 0.338 e. The fourth-order valence-corrected chi connectivity index (χ4v) is 3.01. The van der Waals surface area contributed by atoms with Crippen LogP contribution in [0.4, 0.5) is 0 Å². The number of thioether (sulfide) groups is 1. The van der Waals surface area contributed by atoms with E-state index < -0.39 is 0 Å². The van der Waals surface area contributed by atoms with Gasteiger partial charge in [-0.1, -0.05) is 36.0 Å². The molecule has 144 valence electrons. The summed E-state index contributed by atoms with van der Waals surface area (Å²) >= 11 is 1.31. The van der Waals surface area contributed by atoms with Gasteiger partial charge in [0.25, 0.3) is 5.91 Å². The molecule has 2 aromatic carbocycles. The Morgan fingerprint density at radius 3 is 2.68 bits per heavy atom. The molecule has 8 heteroatoms. The average Bonchev–Trinajstić information content (AvgIpc) is 3.09. The fourth-order valence-electron chi connectivity index (χ4n) is 2.33. The first-order valence-electron chi connectivity index (χ1n) is 8.72. The zero-order valence-corrected chi connectivity index (χ0v) is 16.3. The van der Waals surface area contributed by atoms with Crippen molar-refractivity contribution in [1.82, 2.24) is 15.4 Å². The zero-order chi connectivity index (χ0) is 19.9. The number of hydrogen-bond donors (Lipinski definition) is 2. The lowest BCUT2D eigenvalue weighted by molar-refractivity contribution is -0.118. The van der Waals surface area contributed by atoms with Crippen molar-refractivity contribution >= 4 is 40.9 Å². The van der Waals surface area contributed by atoms with Gasteiger partial charge in [0.2, 0.25) is 0 Å². The minimum atomic E-state index is -0.366. The van der Waals surface area contributed by atoms with Crippen LogP contribution in [0, 0.1) is 0 Å². The number of imidazole rings is 1. The first-order valence-corrected chi connectivity index (χ1v) is 9.70. The molecule has 0 spiro atoms. The molecule has 0 radical (unpaired) electrons. The van der Waals surface area contributed by atoms with Gasteiger partial charge >= 0.3 is 5.97 Å². The second-order valence-electron chi connectivity index (χ2n) is 6.22. The van der Waals surface area contributed by atoms with Gasteiger partial charge < -0.3 is 9.72 Å². The molecule has 0 atom stereocenters. The Morgan fingerprint density at radius 1 is 1.21 bits per heavy atom. The van der Waals surface area contributed by atoms with Gasteiger partial charge in [-0.05, 0) is 43.7 Å². The lowest BCUT2D eigenvalue weighted by atomic mass is 10.1. The van der Waals surface area contributed by atoms with Crippen LogP contribution in [0.15, 0.2) is 58.8 Å². The summed E-state index contributed by atoms with van der Waals surface area (Å²) in [5, 5.41) is 4.62. The van der Waals surface area contributed by atoms with Crippen LogP contribution < -0.4 is 5.43 Å². The van der Waals surface area contributed by atoms with Crippen LogP contribution in [0.3, 0.4) is 0 Å². The maximum atomic E-state index is 11.9. The number of benzene rings is 2. The highest BCUT2D eigenvalue weighted by molar-refractivity contribution is 7.99. The van der Waals surface area contributed by atoms with Gasteiger partial charge in [-0.3, -0.25) is 4.79 Å². The Morgan fingerprint density at radius 2 is 1.96 bits per heavy atom. The third-order valence-electron chi connectivity index (χ3n) is 3.60. The Balaban J connectivity index is 1.47. The number of aromatic nitrogens is 2. The molecule has 0 aliphatic heterocycles. The number of aromatic amines is 1. The van der Waals surface area contributed by atoms with Crippen LogP contribution in [-0.4, -0.2) is 39.9 Å². The third kappa shape index (κ3) is 5.43. The number of para-hydroxylation sites is 2. The van der Waals surface area contributed by atoms with Crippen molar-refractivity contribution in [2.24, 2.45) is 5.10 Å². The lowest BCUT2D eigenvalue weighted by Crippen LogP contribution is -2.19. The molecular weight excluding hydrogens is 376 g/mol. The van der Waals surface area contributed by atoms with Crippen LogP contribution in [0.5, 0.6) is 0 Å². The lowest BCUT2D eigenvalue weighted by Gasteiger charge is -2.07. The normalized spacial score (nSPS) is 11.2. The highest BCUT2D eigenvalue weighted by Gasteiger charge is 2.08. The number of nitrogens with one attached hydrogen (secondary N) is 2. The molecule has 0 bridgehead atoms. The summed E-state index contributed by atoms with van der Waals surface area (Å²) < 4.78 is 5.13. The second-order valence-corrected chi connectivity index (χ2v) is 7.18. The Labute approximate surface area is 166 Å². The number of nitrogens with zero attached hydrogens (tertiary/aromatic N) is 2. The molecule has 28 heavy (non-hydrogen) atoms. The minimum Gasteiger partial charge on any atom is -0.459 e. The Hall–Kier alpha value is -3.13. The van der Waals surface area contributed by atoms with Gasteiger partial charge in [-0.15, -0.1) is 0 Å². The van der Waals surface area contributed by atoms with E-state index in [2.05, 4.69) is 20.5 Å². The number of carbonyl (C=O) groups is 2. The SMILES string of the molecule is CC(C)OC(=O)c1ccc(/C=N/NC(=O)CSc2nc3ccccc3[nH]2)cc1. The van der Waals surface area contributed by atoms with E-state index in [9.17, 15) is 9.59 Å². The molecule has 0 unspecified atom stereocenters. The summed E-state index contributed by atoms with van der Waals surface area (Å²) in [6.45, 7) is 3.60. The van der Waals surface area contributed by atoms with E-state index in [1.807, 2.05) is 24.3 Å². The number of H-pyrrole nitrogens is 1. The van der Waals surface area contributed by atoms with Gasteiger partial charge in [0.05, 0.1) is 34.7 Å². The largest absolute Gasteiger partial charge is 0.459 e. The molecule has 1 heterocycles. The standard InChI is InChI=1S/C20H20N4O3S/c1-13(2)27-19(26)15-9-7-14(8-10-15)11-21-24-18(25)12-28-20-22-16-5-3-4-6-17(16)23-20/h3-11,13H,12H2,1-2H3,(H,22,23)(H,24,25)/b21-11+. The molecule has 0 aliphatic carbocycles. The van der Waals surface area contributed by atoms with Crippen molar-refractivity contribution in [2.45, 2.75) is 25.1 Å². The fraction of sp³-hybridized carbons (Fsp3) is 0.200. The number of fused-ring (bicyclic) bond motifs is 1. The molecule has 0 saturated carbocycles. The summed E-state index contributed by atoms with van der Waals surface area (Å²) in [4.78, 5) is 31.3. The van der Waals surface area contributed by atoms with Crippen LogP contribution in [0.25, 0.3) is 11.0 Å². The highest BCUT2D eigenvalue weighted by Crippen LogP contribution is 2.18. The van der Waals surface area contributed by atoms with Crippen molar-refractivity contribution in [3.05, 3.63) is 59.7 Å². The molecule has 3 aromatic rings. The molecule has 0 aliphatic rings. The van der Waals surface area contributed by atoms with Crippen molar-refractivity contribution in [3.63, 3.8) is 0 Å².